The normalized spacial score (nSPS) is 16.0. The zero-order valence-electron chi connectivity index (χ0n) is 14.1. The van der Waals surface area contributed by atoms with E-state index in [-0.39, 0.29) is 5.91 Å². The first-order chi connectivity index (χ1) is 11.7. The molecule has 2 aromatic carbocycles. The third-order valence-electron chi connectivity index (χ3n) is 4.40. The van der Waals surface area contributed by atoms with Crippen LogP contribution in [0.3, 0.4) is 0 Å². The number of anilines is 1. The van der Waals surface area contributed by atoms with Crippen molar-refractivity contribution in [3.8, 4) is 0 Å². The van der Waals surface area contributed by atoms with E-state index in [0.29, 0.717) is 6.61 Å². The molecule has 3 rings (SSSR count). The minimum absolute atomic E-state index is 0.0821. The molecule has 1 amide bonds. The van der Waals surface area contributed by atoms with E-state index in [4.69, 9.17) is 4.74 Å². The van der Waals surface area contributed by atoms with Gasteiger partial charge in [0.2, 0.25) is 0 Å². The Hall–Kier alpha value is -2.33. The Morgan fingerprint density at radius 2 is 1.54 bits per heavy atom. The van der Waals surface area contributed by atoms with Gasteiger partial charge in [-0.15, -0.1) is 0 Å². The largest absolute Gasteiger partial charge is 0.368 e. The highest BCUT2D eigenvalue weighted by Gasteiger charge is 2.25. The molecule has 0 radical (unpaired) electrons. The highest BCUT2D eigenvalue weighted by molar-refractivity contribution is 5.80. The first-order valence-corrected chi connectivity index (χ1v) is 8.48. The fourth-order valence-corrected chi connectivity index (χ4v) is 2.95. The molecule has 2 aromatic rings. The lowest BCUT2D eigenvalue weighted by molar-refractivity contribution is -0.143. The van der Waals surface area contributed by atoms with Crippen molar-refractivity contribution in [3.05, 3.63) is 66.2 Å². The molecule has 0 bridgehead atoms. The minimum atomic E-state index is -0.409. The van der Waals surface area contributed by atoms with E-state index in [2.05, 4.69) is 17.0 Å². The zero-order chi connectivity index (χ0) is 16.8. The number of para-hydroxylation sites is 1. The van der Waals surface area contributed by atoms with Crippen LogP contribution in [0.25, 0.3) is 0 Å². The number of benzene rings is 2. The van der Waals surface area contributed by atoms with E-state index in [1.54, 1.807) is 0 Å². The van der Waals surface area contributed by atoms with Crippen LogP contribution in [0.2, 0.25) is 0 Å². The Labute approximate surface area is 143 Å². The van der Waals surface area contributed by atoms with Crippen molar-refractivity contribution in [3.63, 3.8) is 0 Å². The molecule has 0 aromatic heterocycles. The number of nitrogens with zero attached hydrogens (tertiary/aromatic N) is 2. The lowest BCUT2D eigenvalue weighted by Crippen LogP contribution is -2.51. The van der Waals surface area contributed by atoms with E-state index >= 15 is 0 Å². The summed E-state index contributed by atoms with van der Waals surface area (Å²) in [5.41, 5.74) is 2.31. The highest BCUT2D eigenvalue weighted by Crippen LogP contribution is 2.16. The molecule has 0 unspecified atom stereocenters. The number of rotatable bonds is 5. The van der Waals surface area contributed by atoms with E-state index in [9.17, 15) is 4.79 Å². The second kappa shape index (κ2) is 7.97. The number of ether oxygens (including phenoxy) is 1. The average Bonchev–Trinajstić information content (AvgIpc) is 2.67. The highest BCUT2D eigenvalue weighted by atomic mass is 16.5. The molecule has 4 heteroatoms. The molecule has 0 saturated carbocycles. The van der Waals surface area contributed by atoms with E-state index < -0.39 is 6.10 Å². The van der Waals surface area contributed by atoms with Crippen LogP contribution in [0, 0.1) is 0 Å². The van der Waals surface area contributed by atoms with Gasteiger partial charge in [0.25, 0.3) is 5.91 Å². The van der Waals surface area contributed by atoms with Gasteiger partial charge in [0, 0.05) is 31.9 Å². The second-order valence-corrected chi connectivity index (χ2v) is 6.09. The molecule has 4 nitrogen and oxygen atoms in total. The van der Waals surface area contributed by atoms with E-state index in [1.165, 1.54) is 5.69 Å². The van der Waals surface area contributed by atoms with Crippen molar-refractivity contribution >= 4 is 11.6 Å². The van der Waals surface area contributed by atoms with Gasteiger partial charge in [0.15, 0.2) is 0 Å². The summed E-state index contributed by atoms with van der Waals surface area (Å²) in [5.74, 6) is 0.0821. The maximum atomic E-state index is 12.5. The monoisotopic (exact) mass is 324 g/mol. The van der Waals surface area contributed by atoms with Gasteiger partial charge in [-0.2, -0.15) is 0 Å². The van der Waals surface area contributed by atoms with Crippen molar-refractivity contribution in [2.75, 3.05) is 31.1 Å². The SMILES string of the molecule is C[C@@H](OCc1ccccc1)C(=O)N1CCN(c2ccccc2)CC1. The maximum absolute atomic E-state index is 12.5. The Bertz CT molecular complexity index is 637. The zero-order valence-corrected chi connectivity index (χ0v) is 14.1. The van der Waals surface area contributed by atoms with E-state index in [0.717, 1.165) is 31.7 Å². The maximum Gasteiger partial charge on any atom is 0.251 e. The summed E-state index contributed by atoms with van der Waals surface area (Å²) < 4.78 is 5.75. The predicted molar refractivity (Wildman–Crippen MR) is 95.9 cm³/mol. The summed E-state index contributed by atoms with van der Waals surface area (Å²) in [6, 6.07) is 20.3. The summed E-state index contributed by atoms with van der Waals surface area (Å²) in [5, 5.41) is 0. The standard InChI is InChI=1S/C20H24N2O2/c1-17(24-16-18-8-4-2-5-9-18)20(23)22-14-12-21(13-15-22)19-10-6-3-7-11-19/h2-11,17H,12-16H2,1H3/t17-/m1/s1. The summed E-state index contributed by atoms with van der Waals surface area (Å²) in [7, 11) is 0. The summed E-state index contributed by atoms with van der Waals surface area (Å²) in [4.78, 5) is 16.8. The number of piperazine rings is 1. The summed E-state index contributed by atoms with van der Waals surface area (Å²) >= 11 is 0. The minimum Gasteiger partial charge on any atom is -0.368 e. The topological polar surface area (TPSA) is 32.8 Å². The van der Waals surface area contributed by atoms with Crippen LogP contribution < -0.4 is 4.90 Å². The predicted octanol–water partition coefficient (Wildman–Crippen LogP) is 2.94. The van der Waals surface area contributed by atoms with Crippen molar-refractivity contribution in [2.24, 2.45) is 0 Å². The Balaban J connectivity index is 1.48. The molecule has 1 fully saturated rings. The van der Waals surface area contributed by atoms with Gasteiger partial charge in [0.1, 0.15) is 6.10 Å². The molecule has 0 aliphatic carbocycles. The molecule has 1 aliphatic heterocycles. The smallest absolute Gasteiger partial charge is 0.251 e. The molecule has 0 N–H and O–H groups in total. The van der Waals surface area contributed by atoms with Crippen LogP contribution in [0.4, 0.5) is 5.69 Å². The van der Waals surface area contributed by atoms with Crippen LogP contribution in [-0.2, 0) is 16.1 Å². The van der Waals surface area contributed by atoms with Crippen molar-refractivity contribution < 1.29 is 9.53 Å². The van der Waals surface area contributed by atoms with Gasteiger partial charge in [-0.25, -0.2) is 0 Å². The average molecular weight is 324 g/mol. The number of hydrogen-bond donors (Lipinski definition) is 0. The van der Waals surface area contributed by atoms with Gasteiger partial charge < -0.3 is 14.5 Å². The number of carbonyl (C=O) groups excluding carboxylic acids is 1. The fourth-order valence-electron chi connectivity index (χ4n) is 2.95. The van der Waals surface area contributed by atoms with Gasteiger partial charge in [-0.3, -0.25) is 4.79 Å². The lowest BCUT2D eigenvalue weighted by atomic mass is 10.2. The summed E-state index contributed by atoms with van der Waals surface area (Å²) in [6.45, 7) is 5.52. The van der Waals surface area contributed by atoms with Gasteiger partial charge in [0.05, 0.1) is 6.61 Å². The second-order valence-electron chi connectivity index (χ2n) is 6.09. The van der Waals surface area contributed by atoms with Crippen molar-refractivity contribution in [1.29, 1.82) is 0 Å². The van der Waals surface area contributed by atoms with Crippen LogP contribution >= 0.6 is 0 Å². The Morgan fingerprint density at radius 3 is 2.17 bits per heavy atom. The first kappa shape index (κ1) is 16.5. The van der Waals surface area contributed by atoms with Crippen LogP contribution in [-0.4, -0.2) is 43.1 Å². The van der Waals surface area contributed by atoms with Crippen molar-refractivity contribution in [2.45, 2.75) is 19.6 Å². The van der Waals surface area contributed by atoms with Crippen LogP contribution in [0.5, 0.6) is 0 Å². The van der Waals surface area contributed by atoms with Gasteiger partial charge >= 0.3 is 0 Å². The molecule has 0 spiro atoms. The van der Waals surface area contributed by atoms with Gasteiger partial charge in [-0.05, 0) is 24.6 Å². The lowest BCUT2D eigenvalue weighted by Gasteiger charge is -2.37. The molecule has 1 saturated heterocycles. The molecule has 126 valence electrons. The number of hydrogen-bond acceptors (Lipinski definition) is 3. The summed E-state index contributed by atoms with van der Waals surface area (Å²) in [6.07, 6.45) is -0.409. The molecule has 1 heterocycles. The Morgan fingerprint density at radius 1 is 0.958 bits per heavy atom. The third-order valence-corrected chi connectivity index (χ3v) is 4.40. The molecule has 24 heavy (non-hydrogen) atoms. The molecule has 1 atom stereocenters. The Kier molecular flexibility index (Phi) is 5.49. The molecular weight excluding hydrogens is 300 g/mol. The molecule has 1 aliphatic rings. The van der Waals surface area contributed by atoms with Crippen LogP contribution in [0.1, 0.15) is 12.5 Å². The van der Waals surface area contributed by atoms with Crippen LogP contribution in [0.15, 0.2) is 60.7 Å². The van der Waals surface area contributed by atoms with Gasteiger partial charge in [-0.1, -0.05) is 48.5 Å². The molecular formula is C20H24N2O2. The van der Waals surface area contributed by atoms with E-state index in [1.807, 2.05) is 60.4 Å². The number of amides is 1. The third kappa shape index (κ3) is 4.15. The first-order valence-electron chi connectivity index (χ1n) is 8.48. The van der Waals surface area contributed by atoms with Crippen molar-refractivity contribution in [1.82, 2.24) is 4.90 Å². The quantitative estimate of drug-likeness (QED) is 0.848. The number of carbonyl (C=O) groups is 1. The fraction of sp³-hybridized carbons (Fsp3) is 0.350.